The van der Waals surface area contributed by atoms with Gasteiger partial charge in [-0.2, -0.15) is 0 Å². The summed E-state index contributed by atoms with van der Waals surface area (Å²) in [5.41, 5.74) is 0. The predicted molar refractivity (Wildman–Crippen MR) is 464 cm³/mol. The molecule has 112 heavy (non-hydrogen) atoms. The zero-order chi connectivity index (χ0) is 81.7. The standard InChI is InChI=1S/C93H158O17P2/c1-5-9-13-17-21-25-29-33-37-40-43-46-50-53-57-61-65-69-73-77-90(95)103-83-88(109-92(97)79-75-71-67-63-59-55-49-36-32-28-24-20-16-12-8-4)85-107-111(99,100)105-81-87(94)82-106-112(101,102)108-86-89(110-93(98)80-76-72-68-64-60-56-52-48-45-42-39-35-31-27-23-19-15-11-7-3)84-104-91(96)78-74-70-66-62-58-54-51-47-44-41-38-34-30-26-22-18-14-10-6-2/h9,13,21-23,25-27,33-35,37-39,43-48,53,57,65,69,87-89,94H,5-8,10-12,14-20,24,28-32,36,40-42,49-52,54-56,58-64,66-68,70-86H2,1-4H3,(H,99,100)(H,101,102)/b13-9-,25-21-,26-22-,27-23-,37-33-,38-34-,39-35-,46-43-,47-44-,48-45-,57-53-,69-65-. The number of carbonyl (C=O) groups is 4. The smallest absolute Gasteiger partial charge is 0.462 e. The molecule has 0 aromatic heterocycles. The molecule has 0 aromatic carbocycles. The van der Waals surface area contributed by atoms with Crippen LogP contribution in [0.5, 0.6) is 0 Å². The maximum absolute atomic E-state index is 13.2. The van der Waals surface area contributed by atoms with E-state index in [1.54, 1.807) is 0 Å². The van der Waals surface area contributed by atoms with Crippen molar-refractivity contribution in [3.63, 3.8) is 0 Å². The van der Waals surface area contributed by atoms with Crippen LogP contribution in [-0.4, -0.2) is 96.7 Å². The van der Waals surface area contributed by atoms with E-state index in [2.05, 4.69) is 161 Å². The Balaban J connectivity index is 5.46. The van der Waals surface area contributed by atoms with E-state index in [1.807, 2.05) is 12.2 Å². The highest BCUT2D eigenvalue weighted by atomic mass is 31.2. The molecular formula is C93H158O17P2. The monoisotopic (exact) mass is 1610 g/mol. The third-order valence-electron chi connectivity index (χ3n) is 18.3. The largest absolute Gasteiger partial charge is 0.472 e. The zero-order valence-electron chi connectivity index (χ0n) is 70.6. The molecule has 19 heteroatoms. The average Bonchev–Trinajstić information content (AvgIpc) is 0.898. The van der Waals surface area contributed by atoms with Gasteiger partial charge in [0.1, 0.15) is 19.3 Å². The van der Waals surface area contributed by atoms with Crippen molar-refractivity contribution in [3.05, 3.63) is 146 Å². The molecule has 3 N–H and O–H groups in total. The fourth-order valence-corrected chi connectivity index (χ4v) is 13.2. The first-order valence-corrected chi connectivity index (χ1v) is 47.1. The van der Waals surface area contributed by atoms with Crippen molar-refractivity contribution in [1.29, 1.82) is 0 Å². The molecule has 0 amide bonds. The van der Waals surface area contributed by atoms with Gasteiger partial charge in [0, 0.05) is 25.7 Å². The van der Waals surface area contributed by atoms with Crippen molar-refractivity contribution >= 4 is 39.5 Å². The molecule has 0 aliphatic carbocycles. The number of rotatable bonds is 82. The Morgan fingerprint density at radius 1 is 0.259 bits per heavy atom. The number of phosphoric ester groups is 2. The van der Waals surface area contributed by atoms with Crippen molar-refractivity contribution < 1.29 is 80.2 Å². The zero-order valence-corrected chi connectivity index (χ0v) is 72.3. The molecule has 5 atom stereocenters. The lowest BCUT2D eigenvalue weighted by molar-refractivity contribution is -0.161. The number of phosphoric acid groups is 2. The van der Waals surface area contributed by atoms with Crippen LogP contribution in [0.1, 0.15) is 362 Å². The van der Waals surface area contributed by atoms with E-state index < -0.39 is 97.5 Å². The summed E-state index contributed by atoms with van der Waals surface area (Å²) in [6.07, 6.45) is 98.1. The van der Waals surface area contributed by atoms with E-state index in [1.165, 1.54) is 103 Å². The van der Waals surface area contributed by atoms with Gasteiger partial charge in [-0.3, -0.25) is 37.3 Å². The van der Waals surface area contributed by atoms with Crippen LogP contribution >= 0.6 is 15.6 Å². The molecule has 0 fully saturated rings. The fourth-order valence-electron chi connectivity index (χ4n) is 11.6. The molecule has 0 saturated heterocycles. The van der Waals surface area contributed by atoms with Gasteiger partial charge in [-0.25, -0.2) is 9.13 Å². The van der Waals surface area contributed by atoms with Crippen LogP contribution in [0.2, 0.25) is 0 Å². The van der Waals surface area contributed by atoms with E-state index in [-0.39, 0.29) is 25.7 Å². The summed E-state index contributed by atoms with van der Waals surface area (Å²) in [6.45, 7) is 4.65. The maximum Gasteiger partial charge on any atom is 0.472 e. The molecule has 0 heterocycles. The minimum atomic E-state index is -5.00. The molecule has 0 rings (SSSR count). The first-order valence-electron chi connectivity index (χ1n) is 44.1. The number of hydrogen-bond acceptors (Lipinski definition) is 15. The van der Waals surface area contributed by atoms with Crippen LogP contribution in [0.15, 0.2) is 146 Å². The molecular weight excluding hydrogens is 1450 g/mol. The molecule has 642 valence electrons. The van der Waals surface area contributed by atoms with Crippen LogP contribution in [0.3, 0.4) is 0 Å². The Kier molecular flexibility index (Phi) is 80.1. The van der Waals surface area contributed by atoms with Crippen LogP contribution in [-0.2, 0) is 65.4 Å². The third-order valence-corrected chi connectivity index (χ3v) is 20.2. The Bertz CT molecular complexity index is 2690. The number of aliphatic hydroxyl groups excluding tert-OH is 1. The van der Waals surface area contributed by atoms with Crippen LogP contribution < -0.4 is 0 Å². The van der Waals surface area contributed by atoms with Crippen molar-refractivity contribution in [2.75, 3.05) is 39.6 Å². The molecule has 0 aromatic rings. The Morgan fingerprint density at radius 2 is 0.482 bits per heavy atom. The highest BCUT2D eigenvalue weighted by molar-refractivity contribution is 7.47. The van der Waals surface area contributed by atoms with Gasteiger partial charge in [0.2, 0.25) is 0 Å². The number of unbranched alkanes of at least 4 members (excludes halogenated alkanes) is 32. The van der Waals surface area contributed by atoms with Gasteiger partial charge in [-0.1, -0.05) is 340 Å². The Labute approximate surface area is 681 Å². The molecule has 0 saturated carbocycles. The summed E-state index contributed by atoms with van der Waals surface area (Å²) in [4.78, 5) is 73.3. The fraction of sp³-hybridized carbons (Fsp3) is 0.699. The van der Waals surface area contributed by atoms with Gasteiger partial charge in [0.05, 0.1) is 26.4 Å². The highest BCUT2D eigenvalue weighted by Crippen LogP contribution is 2.45. The maximum atomic E-state index is 13.2. The van der Waals surface area contributed by atoms with Crippen molar-refractivity contribution in [2.24, 2.45) is 0 Å². The van der Waals surface area contributed by atoms with Crippen LogP contribution in [0.4, 0.5) is 0 Å². The SMILES string of the molecule is CC/C=C\C/C=C\C/C=C\C/C=C\C/C=C\C/C=C\CCC(=O)OCC(COP(=O)(O)OCC(O)COP(=O)(O)OCC(COC(=O)CCCCCCCC/C=C\C/C=C\C/C=C\CCCCC)OC(=O)CCCCCCCC/C=C\C/C=C\C/C=C\CCCCC)OC(=O)CCCCCCCCCCCCCCCCC. The number of ether oxygens (including phenoxy) is 4. The van der Waals surface area contributed by atoms with E-state index in [0.717, 1.165) is 173 Å². The Morgan fingerprint density at radius 3 is 0.786 bits per heavy atom. The lowest BCUT2D eigenvalue weighted by Crippen LogP contribution is -2.30. The second-order valence-electron chi connectivity index (χ2n) is 29.1. The summed E-state index contributed by atoms with van der Waals surface area (Å²) in [6, 6.07) is 0. The first kappa shape index (κ1) is 107. The van der Waals surface area contributed by atoms with Crippen LogP contribution in [0.25, 0.3) is 0 Å². The van der Waals surface area contributed by atoms with E-state index in [4.69, 9.17) is 37.0 Å². The molecule has 17 nitrogen and oxygen atoms in total. The molecule has 5 unspecified atom stereocenters. The van der Waals surface area contributed by atoms with Crippen molar-refractivity contribution in [1.82, 2.24) is 0 Å². The minimum absolute atomic E-state index is 0.0347. The minimum Gasteiger partial charge on any atom is -0.462 e. The third kappa shape index (κ3) is 82.9. The highest BCUT2D eigenvalue weighted by Gasteiger charge is 2.30. The molecule has 0 radical (unpaired) electrons. The second kappa shape index (κ2) is 83.9. The average molecular weight is 1610 g/mol. The summed E-state index contributed by atoms with van der Waals surface area (Å²) in [5, 5.41) is 10.7. The van der Waals surface area contributed by atoms with Gasteiger partial charge >= 0.3 is 39.5 Å². The predicted octanol–water partition coefficient (Wildman–Crippen LogP) is 26.6. The summed E-state index contributed by atoms with van der Waals surface area (Å²) in [7, 11) is -10.0. The van der Waals surface area contributed by atoms with E-state index >= 15 is 0 Å². The molecule has 0 aliphatic heterocycles. The topological polar surface area (TPSA) is 237 Å². The number of esters is 4. The summed E-state index contributed by atoms with van der Waals surface area (Å²) >= 11 is 0. The number of aliphatic hydroxyl groups is 1. The van der Waals surface area contributed by atoms with Gasteiger partial charge in [-0.05, 0) is 141 Å². The van der Waals surface area contributed by atoms with Crippen molar-refractivity contribution in [3.8, 4) is 0 Å². The summed E-state index contributed by atoms with van der Waals surface area (Å²) in [5.74, 6) is -2.29. The quantitative estimate of drug-likeness (QED) is 0.0169. The van der Waals surface area contributed by atoms with E-state index in [0.29, 0.717) is 32.1 Å². The molecule has 0 spiro atoms. The van der Waals surface area contributed by atoms with E-state index in [9.17, 15) is 43.2 Å². The van der Waals surface area contributed by atoms with Gasteiger partial charge < -0.3 is 33.8 Å². The normalized spacial score (nSPS) is 14.5. The number of carbonyl (C=O) groups excluding carboxylic acids is 4. The Hall–Kier alpha value is -5.06. The lowest BCUT2D eigenvalue weighted by Gasteiger charge is -2.21. The van der Waals surface area contributed by atoms with Gasteiger partial charge in [0.15, 0.2) is 12.2 Å². The lowest BCUT2D eigenvalue weighted by atomic mass is 10.0. The van der Waals surface area contributed by atoms with Gasteiger partial charge in [-0.15, -0.1) is 0 Å². The number of hydrogen-bond donors (Lipinski definition) is 3. The second-order valence-corrected chi connectivity index (χ2v) is 32.0. The molecule has 0 aliphatic rings. The van der Waals surface area contributed by atoms with Crippen molar-refractivity contribution in [2.45, 2.75) is 380 Å². The van der Waals surface area contributed by atoms with Crippen LogP contribution in [0, 0.1) is 0 Å². The summed E-state index contributed by atoms with van der Waals surface area (Å²) < 4.78 is 68.8. The van der Waals surface area contributed by atoms with Gasteiger partial charge in [0.25, 0.3) is 0 Å². The number of allylic oxidation sites excluding steroid dienone is 24. The molecule has 0 bridgehead atoms. The first-order chi connectivity index (χ1) is 54.7.